The van der Waals surface area contributed by atoms with Gasteiger partial charge in [0.1, 0.15) is 70.2 Å². The van der Waals surface area contributed by atoms with E-state index in [0.717, 1.165) is 76.3 Å². The van der Waals surface area contributed by atoms with Crippen LogP contribution in [-0.4, -0.2) is 93.8 Å². The Labute approximate surface area is 592 Å². The number of halogens is 9. The van der Waals surface area contributed by atoms with Crippen LogP contribution in [0.25, 0.3) is 33.8 Å². The molecule has 0 radical (unpaired) electrons. The standard InChI is InChI=1S/C26H18BrF2N3O8.C22H20BrF2N3O5.C19H15BrF2N2O4/c1-13-2-4-14(5-3-13)22-23(27)40-25(31-22)19(39-18-11-10-17(28)20(21(18)29)24(30)33)12-37-26(34)38-16-8-6-15(7-9-16)32(35)36;1-11-4-6-12(7-5-11)18-19(23)33-21(27-18)15(10-31-22(30)28(2)3)32-14-9-8-13(24)16(17(14)25)20(26)29;1-9-2-4-10(5-3-9)16-17(20)28-19(24-16)13(8-25)27-12-7-6-11(21)14(15(12)22)18(23)26/h2-11,19H,12H2,1H3,(H2,30,33);4-9,15H,10H2,1-3H3,(H2,26,29);2-7,13,25H,8H2,1H3,(H2,23,26). The smallest absolute Gasteiger partial charge is 0.475 e. The number of primary amides is 3. The number of nitrogens with zero attached hydrogens (tertiary/aromatic N) is 5. The van der Waals surface area contributed by atoms with Crippen LogP contribution >= 0.6 is 47.8 Å². The summed E-state index contributed by atoms with van der Waals surface area (Å²) < 4.78 is 135. The molecule has 10 rings (SSSR count). The molecule has 3 atom stereocenters. The van der Waals surface area contributed by atoms with Crippen LogP contribution in [0.3, 0.4) is 0 Å². The summed E-state index contributed by atoms with van der Waals surface area (Å²) in [6.07, 6.45) is -5.77. The number of hydrogen-bond donors (Lipinski definition) is 4. The Morgan fingerprint density at radius 2 is 0.822 bits per heavy atom. The molecule has 101 heavy (non-hydrogen) atoms. The van der Waals surface area contributed by atoms with E-state index < -0.39 is 142 Å². The number of oxazole rings is 3. The lowest BCUT2D eigenvalue weighted by Crippen LogP contribution is -2.26. The number of carbonyl (C=O) groups excluding carboxylic acids is 5. The normalized spacial score (nSPS) is 11.7. The van der Waals surface area contributed by atoms with Crippen LogP contribution in [-0.2, 0) is 9.47 Å². The molecule has 10 aromatic rings. The van der Waals surface area contributed by atoms with Crippen molar-refractivity contribution in [2.75, 3.05) is 33.9 Å². The molecule has 0 aliphatic rings. The number of nitrogens with two attached hydrogens (primary N) is 3. The number of aliphatic hydroxyl groups excluding tert-OH is 1. The fourth-order valence-corrected chi connectivity index (χ4v) is 10.2. The Morgan fingerprint density at radius 3 is 1.13 bits per heavy atom. The second kappa shape index (κ2) is 33.6. The average Bonchev–Trinajstić information content (AvgIpc) is 1.76. The van der Waals surface area contributed by atoms with E-state index in [9.17, 15) is 65.5 Å². The molecule has 4 amide bonds. The highest BCUT2D eigenvalue weighted by Crippen LogP contribution is 2.38. The zero-order valence-corrected chi connectivity index (χ0v) is 57.7. The first-order valence-corrected chi connectivity index (χ1v) is 31.4. The predicted octanol–water partition coefficient (Wildman–Crippen LogP) is 14.5. The summed E-state index contributed by atoms with van der Waals surface area (Å²) in [4.78, 5) is 82.9. The number of nitro benzene ring substituents is 1. The monoisotopic (exact) mass is 1590 g/mol. The molecular formula is C67H53Br3F6N8O17. The number of ether oxygens (including phenoxy) is 6. The van der Waals surface area contributed by atoms with Gasteiger partial charge in [0, 0.05) is 42.9 Å². The van der Waals surface area contributed by atoms with Gasteiger partial charge in [-0.25, -0.2) is 50.9 Å². The topological polar surface area (TPSA) is 363 Å². The Hall–Kier alpha value is -11.1. The van der Waals surface area contributed by atoms with Gasteiger partial charge < -0.3 is 68.9 Å². The summed E-state index contributed by atoms with van der Waals surface area (Å²) in [5, 5.41) is 20.4. The van der Waals surface area contributed by atoms with E-state index in [1.807, 2.05) is 81.4 Å². The zero-order chi connectivity index (χ0) is 73.7. The van der Waals surface area contributed by atoms with Crippen LogP contribution in [0.15, 0.2) is 161 Å². The predicted molar refractivity (Wildman–Crippen MR) is 355 cm³/mol. The molecule has 34 heteroatoms. The minimum absolute atomic E-state index is 0.0331. The first-order valence-electron chi connectivity index (χ1n) is 29.0. The van der Waals surface area contributed by atoms with Crippen molar-refractivity contribution in [3.05, 3.63) is 244 Å². The average molecular weight is 1600 g/mol. The summed E-state index contributed by atoms with van der Waals surface area (Å²) in [6.45, 7) is 4.12. The second-order valence-corrected chi connectivity index (χ2v) is 23.5. The molecule has 0 aliphatic heterocycles. The van der Waals surface area contributed by atoms with Gasteiger partial charge in [-0.05, 0) is 117 Å². The maximum atomic E-state index is 14.9. The van der Waals surface area contributed by atoms with Gasteiger partial charge in [0.25, 0.3) is 23.4 Å². The third-order valence-corrected chi connectivity index (χ3v) is 15.4. The number of rotatable bonds is 22. The molecule has 0 saturated carbocycles. The van der Waals surface area contributed by atoms with E-state index >= 15 is 0 Å². The van der Waals surface area contributed by atoms with E-state index in [1.54, 1.807) is 12.1 Å². The summed E-state index contributed by atoms with van der Waals surface area (Å²) in [6, 6.07) is 32.2. The Bertz CT molecular complexity index is 4700. The maximum absolute atomic E-state index is 14.9. The largest absolute Gasteiger partial charge is 0.513 e. The highest BCUT2D eigenvalue weighted by molar-refractivity contribution is 9.11. The minimum Gasteiger partial charge on any atom is -0.475 e. The third-order valence-electron chi connectivity index (χ3n) is 13.8. The summed E-state index contributed by atoms with van der Waals surface area (Å²) in [7, 11) is 2.96. The van der Waals surface area contributed by atoms with E-state index in [2.05, 4.69) is 62.7 Å². The van der Waals surface area contributed by atoms with Gasteiger partial charge in [-0.15, -0.1) is 0 Å². The van der Waals surface area contributed by atoms with Gasteiger partial charge in [-0.3, -0.25) is 24.5 Å². The van der Waals surface area contributed by atoms with E-state index in [4.69, 9.17) is 58.9 Å². The van der Waals surface area contributed by atoms with Gasteiger partial charge in [0.05, 0.1) is 11.5 Å². The summed E-state index contributed by atoms with van der Waals surface area (Å²) in [5.74, 6) is -13.2. The molecule has 3 unspecified atom stereocenters. The number of carbonyl (C=O) groups is 5. The van der Waals surface area contributed by atoms with Crippen molar-refractivity contribution in [3.8, 4) is 56.8 Å². The molecule has 0 fully saturated rings. The first kappa shape index (κ1) is 75.7. The molecule has 0 aliphatic carbocycles. The van der Waals surface area contributed by atoms with Crippen molar-refractivity contribution in [3.63, 3.8) is 0 Å². The molecule has 25 nitrogen and oxygen atoms in total. The number of nitro groups is 1. The molecule has 0 spiro atoms. The van der Waals surface area contributed by atoms with Crippen LogP contribution in [0.2, 0.25) is 0 Å². The van der Waals surface area contributed by atoms with Crippen molar-refractivity contribution in [1.29, 1.82) is 0 Å². The fraction of sp³-hybridized carbons (Fsp3) is 0.164. The van der Waals surface area contributed by atoms with Crippen LogP contribution in [0.5, 0.6) is 23.0 Å². The van der Waals surface area contributed by atoms with Crippen LogP contribution in [0.1, 0.15) is 83.7 Å². The van der Waals surface area contributed by atoms with E-state index in [0.29, 0.717) is 27.3 Å². The number of non-ortho nitro benzene ring substituents is 1. The number of aromatic nitrogens is 3. The molecular weight excluding hydrogens is 1540 g/mol. The van der Waals surface area contributed by atoms with Gasteiger partial charge in [0.15, 0.2) is 54.8 Å². The number of aryl methyl sites for hydroxylation is 3. The highest BCUT2D eigenvalue weighted by atomic mass is 79.9. The number of amides is 4. The Morgan fingerprint density at radius 1 is 0.505 bits per heavy atom. The second-order valence-electron chi connectivity index (χ2n) is 21.3. The van der Waals surface area contributed by atoms with E-state index in [1.165, 1.54) is 31.1 Å². The lowest BCUT2D eigenvalue weighted by atomic mass is 10.1. The van der Waals surface area contributed by atoms with Crippen molar-refractivity contribution >= 4 is 83.4 Å². The van der Waals surface area contributed by atoms with Crippen LogP contribution < -0.4 is 36.1 Å². The van der Waals surface area contributed by atoms with Gasteiger partial charge in [-0.2, -0.15) is 0 Å². The quantitative estimate of drug-likeness (QED) is 0.0161. The summed E-state index contributed by atoms with van der Waals surface area (Å²) in [5.41, 5.74) is 18.6. The minimum atomic E-state index is -1.42. The summed E-state index contributed by atoms with van der Waals surface area (Å²) >= 11 is 9.83. The Balaban J connectivity index is 0.000000196. The molecule has 3 heterocycles. The molecule has 0 saturated heterocycles. The fourth-order valence-electron chi connectivity index (χ4n) is 8.70. The van der Waals surface area contributed by atoms with Gasteiger partial charge >= 0.3 is 12.2 Å². The zero-order valence-electron chi connectivity index (χ0n) is 52.9. The van der Waals surface area contributed by atoms with Crippen LogP contribution in [0, 0.1) is 65.8 Å². The van der Waals surface area contributed by atoms with Gasteiger partial charge in [0.2, 0.25) is 29.9 Å². The Kier molecular flexibility index (Phi) is 25.2. The molecule has 526 valence electrons. The van der Waals surface area contributed by atoms with Gasteiger partial charge in [-0.1, -0.05) is 89.5 Å². The number of hydrogen-bond acceptors (Lipinski definition) is 20. The molecule has 3 aromatic heterocycles. The third kappa shape index (κ3) is 19.0. The number of benzene rings is 7. The van der Waals surface area contributed by atoms with Crippen molar-refractivity contribution in [1.82, 2.24) is 19.9 Å². The molecule has 7 aromatic carbocycles. The van der Waals surface area contributed by atoms with Crippen molar-refractivity contribution in [2.45, 2.75) is 39.1 Å². The highest BCUT2D eigenvalue weighted by Gasteiger charge is 2.32. The number of aliphatic hydroxyl groups is 1. The van der Waals surface area contributed by atoms with Crippen molar-refractivity contribution in [2.24, 2.45) is 17.2 Å². The molecule has 0 bridgehead atoms. The molecule has 7 N–H and O–H groups in total. The first-order chi connectivity index (χ1) is 47.9. The van der Waals surface area contributed by atoms with E-state index in [-0.39, 0.29) is 38.4 Å². The lowest BCUT2D eigenvalue weighted by molar-refractivity contribution is -0.384. The SMILES string of the molecule is Cc1ccc(-c2nc(C(CO)Oc3ccc(F)c(C(N)=O)c3F)oc2Br)cc1.Cc1ccc(-c2nc(C(COC(=O)N(C)C)Oc3ccc(F)c(C(N)=O)c3F)oc2Br)cc1.Cc1ccc(-c2nc(C(COC(=O)Oc3ccc([N+](=O)[O-])cc3)Oc3ccc(F)c(C(N)=O)c3F)oc2Br)cc1. The maximum Gasteiger partial charge on any atom is 0.513 e. The van der Waals surface area contributed by atoms with Crippen LogP contribution in [0.4, 0.5) is 41.6 Å². The lowest BCUT2D eigenvalue weighted by Gasteiger charge is -2.19. The van der Waals surface area contributed by atoms with Crippen molar-refractivity contribution < 1.29 is 102 Å².